The molecule has 0 unspecified atom stereocenters. The van der Waals surface area contributed by atoms with Crippen LogP contribution in [-0.4, -0.2) is 25.8 Å². The van der Waals surface area contributed by atoms with Crippen LogP contribution < -0.4 is 9.47 Å². The zero-order valence-corrected chi connectivity index (χ0v) is 8.56. The van der Waals surface area contributed by atoms with E-state index in [0.717, 1.165) is 5.56 Å². The Morgan fingerprint density at radius 1 is 1.33 bits per heavy atom. The van der Waals surface area contributed by atoms with Crippen LogP contribution in [0, 0.1) is 12.3 Å². The average Bonchev–Trinajstić information content (AvgIpc) is 2.29. The van der Waals surface area contributed by atoms with Crippen LogP contribution in [0.3, 0.4) is 0 Å². The zero-order valence-electron chi connectivity index (χ0n) is 8.56. The Morgan fingerprint density at radius 2 is 1.87 bits per heavy atom. The highest BCUT2D eigenvalue weighted by Gasteiger charge is 2.01. The van der Waals surface area contributed by atoms with Crippen molar-refractivity contribution in [1.82, 2.24) is 0 Å². The van der Waals surface area contributed by atoms with Crippen molar-refractivity contribution in [3.05, 3.63) is 23.8 Å². The van der Waals surface area contributed by atoms with Crippen molar-refractivity contribution in [1.29, 1.82) is 0 Å². The van der Waals surface area contributed by atoms with Crippen LogP contribution in [-0.2, 0) is 4.79 Å². The second kappa shape index (κ2) is 7.27. The molecule has 1 N–H and O–H groups in total. The van der Waals surface area contributed by atoms with E-state index >= 15 is 0 Å². The molecule has 1 rings (SSSR count). The van der Waals surface area contributed by atoms with Crippen LogP contribution in [0.2, 0.25) is 0 Å². The maximum absolute atomic E-state index is 8.36. The monoisotopic (exact) mass is 208 g/mol. The number of ether oxygens (including phenoxy) is 2. The van der Waals surface area contributed by atoms with Crippen LogP contribution in [0.15, 0.2) is 18.2 Å². The van der Waals surface area contributed by atoms with Crippen molar-refractivity contribution in [2.24, 2.45) is 0 Å². The lowest BCUT2D eigenvalue weighted by Gasteiger charge is -2.06. The predicted molar refractivity (Wildman–Crippen MR) is 56.2 cm³/mol. The maximum Gasteiger partial charge on any atom is 0.290 e. The standard InChI is InChI=1S/C10H10O2.CH2O2/c1-4-8-5-6-9(11-2)10(7-8)12-3;2-1-3/h1,5-7H,2-3H3;1H,(H,2,3). The van der Waals surface area contributed by atoms with Crippen molar-refractivity contribution in [2.45, 2.75) is 0 Å². The number of terminal acetylenes is 1. The van der Waals surface area contributed by atoms with E-state index in [0.29, 0.717) is 11.5 Å². The fourth-order valence-electron chi connectivity index (χ4n) is 0.926. The molecule has 0 aliphatic carbocycles. The summed E-state index contributed by atoms with van der Waals surface area (Å²) in [6.07, 6.45) is 5.22. The van der Waals surface area contributed by atoms with Crippen molar-refractivity contribution in [3.8, 4) is 23.8 Å². The smallest absolute Gasteiger partial charge is 0.290 e. The maximum atomic E-state index is 8.36. The van der Waals surface area contributed by atoms with E-state index in [1.54, 1.807) is 32.4 Å². The lowest BCUT2D eigenvalue weighted by molar-refractivity contribution is -0.122. The fourth-order valence-corrected chi connectivity index (χ4v) is 0.926. The van der Waals surface area contributed by atoms with E-state index in [9.17, 15) is 0 Å². The number of hydrogen-bond acceptors (Lipinski definition) is 3. The molecule has 0 heterocycles. The molecule has 0 amide bonds. The van der Waals surface area contributed by atoms with Gasteiger partial charge in [-0.05, 0) is 18.2 Å². The minimum atomic E-state index is -0.250. The molecule has 15 heavy (non-hydrogen) atoms. The highest BCUT2D eigenvalue weighted by molar-refractivity contribution is 5.47. The molecule has 0 bridgehead atoms. The highest BCUT2D eigenvalue weighted by atomic mass is 16.5. The molecule has 1 aromatic rings. The third kappa shape index (κ3) is 4.05. The van der Waals surface area contributed by atoms with E-state index in [4.69, 9.17) is 25.8 Å². The third-order valence-corrected chi connectivity index (χ3v) is 1.55. The fraction of sp³-hybridized carbons (Fsp3) is 0.182. The first-order valence-corrected chi connectivity index (χ1v) is 4.00. The van der Waals surface area contributed by atoms with E-state index in [2.05, 4.69) is 5.92 Å². The Morgan fingerprint density at radius 3 is 2.27 bits per heavy atom. The summed E-state index contributed by atoms with van der Waals surface area (Å²) in [7, 11) is 3.17. The van der Waals surface area contributed by atoms with Gasteiger partial charge in [0.1, 0.15) is 0 Å². The topological polar surface area (TPSA) is 55.8 Å². The van der Waals surface area contributed by atoms with Gasteiger partial charge in [0.05, 0.1) is 14.2 Å². The first-order chi connectivity index (χ1) is 7.23. The summed E-state index contributed by atoms with van der Waals surface area (Å²) in [5.74, 6) is 3.87. The Hall–Kier alpha value is -2.15. The molecule has 0 aliphatic heterocycles. The van der Waals surface area contributed by atoms with Gasteiger partial charge < -0.3 is 14.6 Å². The van der Waals surface area contributed by atoms with Crippen LogP contribution in [0.5, 0.6) is 11.5 Å². The lowest BCUT2D eigenvalue weighted by atomic mass is 10.2. The first kappa shape index (κ1) is 12.8. The number of rotatable bonds is 2. The van der Waals surface area contributed by atoms with Crippen LogP contribution >= 0.6 is 0 Å². The lowest BCUT2D eigenvalue weighted by Crippen LogP contribution is -1.90. The number of carbonyl (C=O) groups is 1. The molecule has 0 radical (unpaired) electrons. The molecular weight excluding hydrogens is 196 g/mol. The van der Waals surface area contributed by atoms with E-state index in [-0.39, 0.29) is 6.47 Å². The molecule has 0 saturated heterocycles. The minimum Gasteiger partial charge on any atom is -0.493 e. The summed E-state index contributed by atoms with van der Waals surface area (Å²) in [5, 5.41) is 6.89. The minimum absolute atomic E-state index is 0.250. The average molecular weight is 208 g/mol. The van der Waals surface area contributed by atoms with Crippen LogP contribution in [0.25, 0.3) is 0 Å². The molecule has 0 atom stereocenters. The van der Waals surface area contributed by atoms with E-state index in [1.807, 2.05) is 0 Å². The van der Waals surface area contributed by atoms with Crippen molar-refractivity contribution >= 4 is 6.47 Å². The van der Waals surface area contributed by atoms with Gasteiger partial charge in [0, 0.05) is 5.56 Å². The van der Waals surface area contributed by atoms with Gasteiger partial charge >= 0.3 is 0 Å². The second-order valence-electron chi connectivity index (χ2n) is 2.32. The van der Waals surface area contributed by atoms with Crippen molar-refractivity contribution in [3.63, 3.8) is 0 Å². The Balaban J connectivity index is 0.000000583. The molecule has 0 saturated carbocycles. The SMILES string of the molecule is C#Cc1ccc(OC)c(OC)c1.O=CO. The quantitative estimate of drug-likeness (QED) is 0.589. The summed E-state index contributed by atoms with van der Waals surface area (Å²) in [6, 6.07) is 5.36. The Bertz CT molecular complexity index is 352. The normalized spacial score (nSPS) is 7.80. The van der Waals surface area contributed by atoms with Crippen molar-refractivity contribution < 1.29 is 19.4 Å². The molecule has 80 valence electrons. The number of methoxy groups -OCH3 is 2. The molecule has 0 aromatic heterocycles. The van der Waals surface area contributed by atoms with E-state index < -0.39 is 0 Å². The molecule has 0 aliphatic rings. The number of hydrogen-bond donors (Lipinski definition) is 1. The molecule has 1 aromatic carbocycles. The van der Waals surface area contributed by atoms with Gasteiger partial charge in [-0.2, -0.15) is 0 Å². The van der Waals surface area contributed by atoms with Gasteiger partial charge in [0.2, 0.25) is 0 Å². The van der Waals surface area contributed by atoms with Gasteiger partial charge in [-0.15, -0.1) is 6.42 Å². The summed E-state index contributed by atoms with van der Waals surface area (Å²) in [5.41, 5.74) is 0.785. The third-order valence-electron chi connectivity index (χ3n) is 1.55. The summed E-state index contributed by atoms with van der Waals surface area (Å²) < 4.78 is 10.1. The summed E-state index contributed by atoms with van der Waals surface area (Å²) >= 11 is 0. The van der Waals surface area contributed by atoms with Crippen LogP contribution in [0.4, 0.5) is 0 Å². The molecule has 0 spiro atoms. The molecular formula is C11H12O4. The first-order valence-electron chi connectivity index (χ1n) is 4.00. The van der Waals surface area contributed by atoms with Gasteiger partial charge in [-0.1, -0.05) is 5.92 Å². The predicted octanol–water partition coefficient (Wildman–Crippen LogP) is 1.39. The molecule has 4 heteroatoms. The van der Waals surface area contributed by atoms with Gasteiger partial charge in [0.15, 0.2) is 11.5 Å². The molecule has 4 nitrogen and oxygen atoms in total. The summed E-state index contributed by atoms with van der Waals surface area (Å²) in [6.45, 7) is -0.250. The zero-order chi connectivity index (χ0) is 11.7. The second-order valence-corrected chi connectivity index (χ2v) is 2.32. The highest BCUT2D eigenvalue weighted by Crippen LogP contribution is 2.26. The van der Waals surface area contributed by atoms with E-state index in [1.165, 1.54) is 0 Å². The van der Waals surface area contributed by atoms with Gasteiger partial charge in [0.25, 0.3) is 6.47 Å². The Labute approximate surface area is 88.4 Å². The largest absolute Gasteiger partial charge is 0.493 e. The molecule has 0 fully saturated rings. The summed E-state index contributed by atoms with van der Waals surface area (Å²) in [4.78, 5) is 8.36. The Kier molecular flexibility index (Phi) is 6.23. The number of benzene rings is 1. The van der Waals surface area contributed by atoms with Crippen molar-refractivity contribution in [2.75, 3.05) is 14.2 Å². The van der Waals surface area contributed by atoms with Gasteiger partial charge in [-0.25, -0.2) is 0 Å². The van der Waals surface area contributed by atoms with Crippen LogP contribution in [0.1, 0.15) is 5.56 Å². The van der Waals surface area contributed by atoms with Gasteiger partial charge in [-0.3, -0.25) is 4.79 Å². The number of carboxylic acid groups (broad SMARTS) is 1.